The van der Waals surface area contributed by atoms with Gasteiger partial charge in [0.1, 0.15) is 5.01 Å². The van der Waals surface area contributed by atoms with Crippen molar-refractivity contribution in [2.45, 2.75) is 26.4 Å². The normalized spacial score (nSPS) is 10.9. The molecule has 0 aliphatic rings. The molecule has 6 heteroatoms. The molecule has 0 fully saturated rings. The smallest absolute Gasteiger partial charge is 0.223 e. The van der Waals surface area contributed by atoms with Crippen LogP contribution in [0.5, 0.6) is 5.88 Å². The number of aromatic nitrogens is 3. The zero-order chi connectivity index (χ0) is 13.0. The van der Waals surface area contributed by atoms with Gasteiger partial charge in [-0.15, -0.1) is 10.2 Å². The number of methoxy groups -OCH3 is 1. The lowest BCUT2D eigenvalue weighted by atomic mass is 10.3. The largest absolute Gasteiger partial charge is 0.480 e. The molecule has 18 heavy (non-hydrogen) atoms. The number of hydrogen-bond acceptors (Lipinski definition) is 6. The zero-order valence-corrected chi connectivity index (χ0v) is 11.5. The van der Waals surface area contributed by atoms with E-state index in [4.69, 9.17) is 4.74 Å². The van der Waals surface area contributed by atoms with Crippen LogP contribution in [-0.2, 0) is 6.54 Å². The maximum Gasteiger partial charge on any atom is 0.223 e. The molecule has 0 saturated carbocycles. The lowest BCUT2D eigenvalue weighted by molar-refractivity contribution is 0.399. The molecule has 2 rings (SSSR count). The molecule has 0 unspecified atom stereocenters. The SMILES string of the molecule is COc1ncccc1-c1nnc(CNC(C)C)s1. The van der Waals surface area contributed by atoms with Gasteiger partial charge in [0.15, 0.2) is 5.01 Å². The summed E-state index contributed by atoms with van der Waals surface area (Å²) in [5.74, 6) is 0.581. The molecule has 5 nitrogen and oxygen atoms in total. The van der Waals surface area contributed by atoms with Crippen LogP contribution in [0.4, 0.5) is 0 Å². The molecule has 0 aromatic carbocycles. The van der Waals surface area contributed by atoms with Gasteiger partial charge in [-0.25, -0.2) is 4.98 Å². The maximum atomic E-state index is 5.22. The second kappa shape index (κ2) is 5.88. The number of nitrogens with zero attached hydrogens (tertiary/aromatic N) is 3. The molecule has 0 spiro atoms. The molecule has 0 saturated heterocycles. The molecule has 0 bridgehead atoms. The molecular formula is C12H16N4OS. The van der Waals surface area contributed by atoms with Crippen molar-refractivity contribution in [3.05, 3.63) is 23.3 Å². The average molecular weight is 264 g/mol. The van der Waals surface area contributed by atoms with E-state index >= 15 is 0 Å². The van der Waals surface area contributed by atoms with Gasteiger partial charge in [-0.3, -0.25) is 0 Å². The fourth-order valence-corrected chi connectivity index (χ4v) is 2.25. The minimum Gasteiger partial charge on any atom is -0.480 e. The van der Waals surface area contributed by atoms with Crippen LogP contribution in [0.15, 0.2) is 18.3 Å². The van der Waals surface area contributed by atoms with E-state index in [9.17, 15) is 0 Å². The van der Waals surface area contributed by atoms with E-state index in [1.165, 1.54) is 0 Å². The van der Waals surface area contributed by atoms with Crippen LogP contribution in [0.2, 0.25) is 0 Å². The first-order valence-electron chi connectivity index (χ1n) is 5.76. The summed E-state index contributed by atoms with van der Waals surface area (Å²) in [6, 6.07) is 4.24. The predicted molar refractivity (Wildman–Crippen MR) is 71.7 cm³/mol. The fraction of sp³-hybridized carbons (Fsp3) is 0.417. The molecule has 0 radical (unpaired) electrons. The summed E-state index contributed by atoms with van der Waals surface area (Å²) in [6.45, 7) is 4.94. The second-order valence-electron chi connectivity index (χ2n) is 4.10. The van der Waals surface area contributed by atoms with E-state index in [1.807, 2.05) is 12.1 Å². The van der Waals surface area contributed by atoms with Gasteiger partial charge in [0.2, 0.25) is 5.88 Å². The van der Waals surface area contributed by atoms with Crippen LogP contribution < -0.4 is 10.1 Å². The summed E-state index contributed by atoms with van der Waals surface area (Å²) in [5, 5.41) is 13.5. The number of ether oxygens (including phenoxy) is 1. The van der Waals surface area contributed by atoms with Crippen LogP contribution in [0.3, 0.4) is 0 Å². The molecular weight excluding hydrogens is 248 g/mol. The highest BCUT2D eigenvalue weighted by molar-refractivity contribution is 7.14. The predicted octanol–water partition coefficient (Wildman–Crippen LogP) is 2.11. The van der Waals surface area contributed by atoms with Crippen molar-refractivity contribution in [2.75, 3.05) is 7.11 Å². The molecule has 0 aliphatic heterocycles. The van der Waals surface area contributed by atoms with E-state index in [0.717, 1.165) is 22.1 Å². The molecule has 1 N–H and O–H groups in total. The van der Waals surface area contributed by atoms with Crippen molar-refractivity contribution < 1.29 is 4.74 Å². The minimum absolute atomic E-state index is 0.435. The molecule has 0 aliphatic carbocycles. The quantitative estimate of drug-likeness (QED) is 0.896. The summed E-state index contributed by atoms with van der Waals surface area (Å²) >= 11 is 1.55. The average Bonchev–Trinajstić information content (AvgIpc) is 2.85. The third kappa shape index (κ3) is 3.02. The highest BCUT2D eigenvalue weighted by Crippen LogP contribution is 2.29. The van der Waals surface area contributed by atoms with Crippen LogP contribution in [0, 0.1) is 0 Å². The van der Waals surface area contributed by atoms with Gasteiger partial charge in [0.05, 0.1) is 12.7 Å². The summed E-state index contributed by atoms with van der Waals surface area (Å²) in [4.78, 5) is 4.16. The maximum absolute atomic E-state index is 5.22. The van der Waals surface area contributed by atoms with Gasteiger partial charge in [0, 0.05) is 18.8 Å². The highest BCUT2D eigenvalue weighted by Gasteiger charge is 2.12. The third-order valence-corrected chi connectivity index (χ3v) is 3.28. The van der Waals surface area contributed by atoms with E-state index in [1.54, 1.807) is 24.6 Å². The standard InChI is InChI=1S/C12H16N4OS/c1-8(2)14-7-10-15-16-12(18-10)9-5-4-6-13-11(9)17-3/h4-6,8,14H,7H2,1-3H3. The van der Waals surface area contributed by atoms with Crippen molar-refractivity contribution >= 4 is 11.3 Å². The fourth-order valence-electron chi connectivity index (χ4n) is 1.44. The molecule has 2 aromatic rings. The Morgan fingerprint density at radius 3 is 2.94 bits per heavy atom. The number of rotatable bonds is 5. The first-order chi connectivity index (χ1) is 8.70. The monoisotopic (exact) mass is 264 g/mol. The Hall–Kier alpha value is -1.53. The third-order valence-electron chi connectivity index (χ3n) is 2.32. The zero-order valence-electron chi connectivity index (χ0n) is 10.7. The van der Waals surface area contributed by atoms with Crippen LogP contribution >= 0.6 is 11.3 Å². The summed E-state index contributed by atoms with van der Waals surface area (Å²) in [7, 11) is 1.61. The first kappa shape index (κ1) is 12.9. The van der Waals surface area contributed by atoms with Crippen LogP contribution in [0.25, 0.3) is 10.6 Å². The van der Waals surface area contributed by atoms with E-state index in [0.29, 0.717) is 11.9 Å². The van der Waals surface area contributed by atoms with Crippen molar-refractivity contribution in [2.24, 2.45) is 0 Å². The van der Waals surface area contributed by atoms with Crippen molar-refractivity contribution in [1.82, 2.24) is 20.5 Å². The lowest BCUT2D eigenvalue weighted by Crippen LogP contribution is -2.21. The van der Waals surface area contributed by atoms with Crippen LogP contribution in [-0.4, -0.2) is 28.3 Å². The molecule has 2 aromatic heterocycles. The Morgan fingerprint density at radius 1 is 1.39 bits per heavy atom. The Kier molecular flexibility index (Phi) is 4.22. The van der Waals surface area contributed by atoms with Crippen LogP contribution in [0.1, 0.15) is 18.9 Å². The first-order valence-corrected chi connectivity index (χ1v) is 6.57. The summed E-state index contributed by atoms with van der Waals surface area (Å²) in [6.07, 6.45) is 1.70. The molecule has 96 valence electrons. The number of hydrogen-bond donors (Lipinski definition) is 1. The highest BCUT2D eigenvalue weighted by atomic mass is 32.1. The summed E-state index contributed by atoms with van der Waals surface area (Å²) < 4.78 is 5.22. The van der Waals surface area contributed by atoms with Crippen molar-refractivity contribution in [3.63, 3.8) is 0 Å². The second-order valence-corrected chi connectivity index (χ2v) is 5.16. The van der Waals surface area contributed by atoms with E-state index in [2.05, 4.69) is 34.3 Å². The van der Waals surface area contributed by atoms with Gasteiger partial charge in [-0.1, -0.05) is 25.2 Å². The van der Waals surface area contributed by atoms with Gasteiger partial charge < -0.3 is 10.1 Å². The summed E-state index contributed by atoms with van der Waals surface area (Å²) in [5.41, 5.74) is 0.883. The van der Waals surface area contributed by atoms with E-state index in [-0.39, 0.29) is 0 Å². The Morgan fingerprint density at radius 2 is 2.22 bits per heavy atom. The number of nitrogens with one attached hydrogen (secondary N) is 1. The van der Waals surface area contributed by atoms with Crippen molar-refractivity contribution in [1.29, 1.82) is 0 Å². The molecule has 0 atom stereocenters. The minimum atomic E-state index is 0.435. The van der Waals surface area contributed by atoms with E-state index < -0.39 is 0 Å². The molecule has 2 heterocycles. The van der Waals surface area contributed by atoms with Gasteiger partial charge >= 0.3 is 0 Å². The topological polar surface area (TPSA) is 59.9 Å². The van der Waals surface area contributed by atoms with Gasteiger partial charge in [-0.2, -0.15) is 0 Å². The Balaban J connectivity index is 2.18. The Labute approximate surface area is 110 Å². The lowest BCUT2D eigenvalue weighted by Gasteiger charge is -2.04. The van der Waals surface area contributed by atoms with Gasteiger partial charge in [-0.05, 0) is 12.1 Å². The number of pyridine rings is 1. The molecule has 0 amide bonds. The van der Waals surface area contributed by atoms with Gasteiger partial charge in [0.25, 0.3) is 0 Å². The Bertz CT molecular complexity index is 512. The van der Waals surface area contributed by atoms with Crippen molar-refractivity contribution in [3.8, 4) is 16.5 Å².